The van der Waals surface area contributed by atoms with Crippen LogP contribution in [0.5, 0.6) is 0 Å². The van der Waals surface area contributed by atoms with Crippen LogP contribution in [0.2, 0.25) is 0 Å². The number of esters is 4. The SMILES string of the molecule is COC(=O)C[C@H]1[C@]2(C)C[C@]3(OC(=O)C(C)C)[C@@](O)(C(=O)C4=C(CC[C@]5(C)C4=CC(=O)O[C@H]5c4ccoc4)[C@]13C)[C@H]2OC(=O)C(C)C. The normalized spacial score (nSPS) is 39.1. The van der Waals surface area contributed by atoms with E-state index in [4.69, 9.17) is 23.4 Å². The molecule has 1 aliphatic heterocycles. The predicted octanol–water partition coefficient (Wildman–Crippen LogP) is 4.33. The van der Waals surface area contributed by atoms with Crippen LogP contribution in [0.25, 0.3) is 0 Å². The molecule has 11 heteroatoms. The number of fused-ring (bicyclic) bond motifs is 4. The monoisotopic (exact) mass is 638 g/mol. The molecule has 4 aliphatic carbocycles. The van der Waals surface area contributed by atoms with Crippen molar-refractivity contribution in [2.24, 2.45) is 34.0 Å². The first-order valence-electron chi connectivity index (χ1n) is 15.9. The molecular weight excluding hydrogens is 596 g/mol. The third-order valence-electron chi connectivity index (χ3n) is 11.8. The molecule has 1 N–H and O–H groups in total. The van der Waals surface area contributed by atoms with E-state index in [0.717, 1.165) is 0 Å². The van der Waals surface area contributed by atoms with Gasteiger partial charge >= 0.3 is 23.9 Å². The van der Waals surface area contributed by atoms with Gasteiger partial charge in [-0.25, -0.2) is 4.79 Å². The molecule has 0 unspecified atom stereocenters. The van der Waals surface area contributed by atoms with Crippen LogP contribution in [0, 0.1) is 34.0 Å². The fraction of sp³-hybridized carbons (Fsp3) is 0.629. The van der Waals surface area contributed by atoms with Gasteiger partial charge < -0.3 is 28.5 Å². The third-order valence-corrected chi connectivity index (χ3v) is 11.8. The summed E-state index contributed by atoms with van der Waals surface area (Å²) in [5.41, 5.74) is -6.10. The van der Waals surface area contributed by atoms with Crippen molar-refractivity contribution in [1.29, 1.82) is 0 Å². The zero-order chi connectivity index (χ0) is 33.8. The number of aliphatic hydroxyl groups is 1. The smallest absolute Gasteiger partial charge is 0.331 e. The van der Waals surface area contributed by atoms with Crippen LogP contribution in [-0.4, -0.2) is 59.2 Å². The highest BCUT2D eigenvalue weighted by Gasteiger charge is 2.91. The lowest BCUT2D eigenvalue weighted by Gasteiger charge is -2.63. The van der Waals surface area contributed by atoms with Gasteiger partial charge in [0.15, 0.2) is 5.60 Å². The van der Waals surface area contributed by atoms with Crippen LogP contribution >= 0.6 is 0 Å². The van der Waals surface area contributed by atoms with E-state index in [0.29, 0.717) is 29.6 Å². The van der Waals surface area contributed by atoms with Crippen LogP contribution in [-0.2, 0) is 42.9 Å². The van der Waals surface area contributed by atoms with Gasteiger partial charge in [-0.15, -0.1) is 0 Å². The van der Waals surface area contributed by atoms with Crippen LogP contribution in [0.4, 0.5) is 0 Å². The molecule has 2 heterocycles. The molecule has 46 heavy (non-hydrogen) atoms. The average Bonchev–Trinajstić information content (AvgIpc) is 3.64. The molecular formula is C35H42O11. The van der Waals surface area contributed by atoms with Crippen molar-refractivity contribution in [3.05, 3.63) is 47.0 Å². The Labute approximate surface area is 267 Å². The Hall–Kier alpha value is -3.73. The number of rotatable bonds is 7. The summed E-state index contributed by atoms with van der Waals surface area (Å²) in [5.74, 6) is -5.20. The van der Waals surface area contributed by atoms with Crippen molar-refractivity contribution in [3.8, 4) is 0 Å². The van der Waals surface area contributed by atoms with Gasteiger partial charge in [-0.2, -0.15) is 0 Å². The fourth-order valence-corrected chi connectivity index (χ4v) is 9.53. The highest BCUT2D eigenvalue weighted by atomic mass is 16.6. The van der Waals surface area contributed by atoms with E-state index in [-0.39, 0.29) is 18.4 Å². The molecule has 0 amide bonds. The highest BCUT2D eigenvalue weighted by molar-refractivity contribution is 6.12. The summed E-state index contributed by atoms with van der Waals surface area (Å²) in [6.07, 6.45) is 2.55. The van der Waals surface area contributed by atoms with E-state index >= 15 is 4.79 Å². The second-order valence-corrected chi connectivity index (χ2v) is 14.9. The second kappa shape index (κ2) is 10.1. The van der Waals surface area contributed by atoms with E-state index < -0.39 is 87.1 Å². The topological polar surface area (TPSA) is 156 Å². The van der Waals surface area contributed by atoms with Gasteiger partial charge in [0, 0.05) is 46.3 Å². The van der Waals surface area contributed by atoms with Crippen LogP contribution in [0.15, 0.2) is 45.8 Å². The first kappa shape index (κ1) is 32.2. The number of hydrogen-bond acceptors (Lipinski definition) is 11. The molecule has 0 aromatic carbocycles. The summed E-state index contributed by atoms with van der Waals surface area (Å²) in [6.45, 7) is 12.1. The summed E-state index contributed by atoms with van der Waals surface area (Å²) < 4.78 is 28.7. The summed E-state index contributed by atoms with van der Waals surface area (Å²) in [7, 11) is 1.27. The first-order valence-corrected chi connectivity index (χ1v) is 15.9. The number of cyclic esters (lactones) is 1. The minimum absolute atomic E-state index is 0.0400. The third kappa shape index (κ3) is 3.77. The molecule has 5 aliphatic rings. The van der Waals surface area contributed by atoms with E-state index in [2.05, 4.69) is 0 Å². The van der Waals surface area contributed by atoms with Crippen LogP contribution in [0.1, 0.15) is 85.8 Å². The minimum atomic E-state index is -2.54. The molecule has 1 aromatic rings. The Morgan fingerprint density at radius 2 is 1.74 bits per heavy atom. The van der Waals surface area contributed by atoms with E-state index in [1.165, 1.54) is 25.7 Å². The molecule has 8 atom stereocenters. The lowest BCUT2D eigenvalue weighted by molar-refractivity contribution is -0.260. The summed E-state index contributed by atoms with van der Waals surface area (Å²) in [4.78, 5) is 68.3. The first-order chi connectivity index (χ1) is 21.4. The molecule has 6 rings (SSSR count). The average molecular weight is 639 g/mol. The van der Waals surface area contributed by atoms with Gasteiger partial charge in [-0.05, 0) is 36.0 Å². The Kier molecular flexibility index (Phi) is 7.10. The quantitative estimate of drug-likeness (QED) is 0.335. The largest absolute Gasteiger partial charge is 0.472 e. The lowest BCUT2D eigenvalue weighted by Crippen LogP contribution is -2.77. The van der Waals surface area contributed by atoms with Gasteiger partial charge in [0.1, 0.15) is 12.2 Å². The molecule has 248 valence electrons. The molecule has 11 nitrogen and oxygen atoms in total. The fourth-order valence-electron chi connectivity index (χ4n) is 9.53. The van der Waals surface area contributed by atoms with Gasteiger partial charge in [0.2, 0.25) is 11.4 Å². The van der Waals surface area contributed by atoms with Crippen molar-refractivity contribution in [2.45, 2.75) is 97.6 Å². The van der Waals surface area contributed by atoms with E-state index in [1.54, 1.807) is 40.7 Å². The molecule has 0 spiro atoms. The minimum Gasteiger partial charge on any atom is -0.472 e. The number of ketones is 1. The number of Topliss-reactive ketones (excluding diaryl/α,β-unsaturated/α-hetero) is 1. The second-order valence-electron chi connectivity index (χ2n) is 14.9. The Bertz CT molecular complexity index is 1600. The van der Waals surface area contributed by atoms with Crippen molar-refractivity contribution in [3.63, 3.8) is 0 Å². The zero-order valence-corrected chi connectivity index (χ0v) is 27.6. The predicted molar refractivity (Wildman–Crippen MR) is 159 cm³/mol. The number of hydrogen-bond donors (Lipinski definition) is 1. The summed E-state index contributed by atoms with van der Waals surface area (Å²) >= 11 is 0. The van der Waals surface area contributed by atoms with Crippen LogP contribution in [0.3, 0.4) is 0 Å². The molecule has 0 radical (unpaired) electrons. The zero-order valence-electron chi connectivity index (χ0n) is 27.6. The highest BCUT2D eigenvalue weighted by Crippen LogP contribution is 2.80. The molecule has 2 fully saturated rings. The van der Waals surface area contributed by atoms with Gasteiger partial charge in [-0.3, -0.25) is 19.2 Å². The number of furan rings is 1. The molecule has 1 aromatic heterocycles. The van der Waals surface area contributed by atoms with Crippen molar-refractivity contribution in [1.82, 2.24) is 0 Å². The Balaban J connectivity index is 1.66. The maximum absolute atomic E-state index is 15.2. The standard InChI is InChI=1S/C35H42O11/c1-17(2)28(39)45-30-32(6)16-34(46-29(40)18(3)4)33(7,22(32)14-23(36)42-8)20-9-11-31(5)21(25(20)26(38)35(30,34)41)13-24(37)44-27(31)19-10-12-43-15-19/h10,12-13,15,17-18,22,27,30,41H,9,11,14,16H2,1-8H3/t22-,27-,30-,31+,32-,33+,34+,35+/m0/s1. The van der Waals surface area contributed by atoms with E-state index in [1.807, 2.05) is 13.8 Å². The Morgan fingerprint density at radius 3 is 2.33 bits per heavy atom. The number of methoxy groups -OCH3 is 1. The maximum Gasteiger partial charge on any atom is 0.331 e. The number of carbonyl (C=O) groups excluding carboxylic acids is 5. The number of carbonyl (C=O) groups is 5. The van der Waals surface area contributed by atoms with Crippen molar-refractivity contribution in [2.75, 3.05) is 7.11 Å². The lowest BCUT2D eigenvalue weighted by atomic mass is 9.43. The van der Waals surface area contributed by atoms with Crippen molar-refractivity contribution < 1.29 is 52.4 Å². The maximum atomic E-state index is 15.2. The molecule has 0 saturated heterocycles. The van der Waals surface area contributed by atoms with E-state index in [9.17, 15) is 24.3 Å². The Morgan fingerprint density at radius 1 is 1.07 bits per heavy atom. The van der Waals surface area contributed by atoms with Gasteiger partial charge in [0.05, 0.1) is 31.5 Å². The van der Waals surface area contributed by atoms with Gasteiger partial charge in [-0.1, -0.05) is 48.5 Å². The number of ether oxygens (including phenoxy) is 4. The summed E-state index contributed by atoms with van der Waals surface area (Å²) in [5, 5.41) is 13.1. The summed E-state index contributed by atoms with van der Waals surface area (Å²) in [6, 6.07) is 1.70. The molecule has 2 bridgehead atoms. The molecule has 2 saturated carbocycles. The van der Waals surface area contributed by atoms with Gasteiger partial charge in [0.25, 0.3) is 0 Å². The van der Waals surface area contributed by atoms with Crippen molar-refractivity contribution >= 4 is 29.7 Å². The van der Waals surface area contributed by atoms with Crippen LogP contribution < -0.4 is 0 Å².